The number of hydrogen-bond donors (Lipinski definition) is 0. The average molecular weight is 398 g/mol. The summed E-state index contributed by atoms with van der Waals surface area (Å²) >= 11 is 6.20. The zero-order valence-corrected chi connectivity index (χ0v) is 16.4. The van der Waals surface area contributed by atoms with Crippen molar-refractivity contribution >= 4 is 22.6 Å². The van der Waals surface area contributed by atoms with Crippen LogP contribution in [0.1, 0.15) is 0 Å². The maximum absolute atomic E-state index is 6.20. The summed E-state index contributed by atoms with van der Waals surface area (Å²) in [6.07, 6.45) is 9.28. The van der Waals surface area contributed by atoms with Crippen molar-refractivity contribution in [3.63, 3.8) is 0 Å². The van der Waals surface area contributed by atoms with Gasteiger partial charge < -0.3 is 0 Å². The zero-order chi connectivity index (χ0) is 19.8. The van der Waals surface area contributed by atoms with Crippen molar-refractivity contribution in [3.8, 4) is 33.5 Å². The first-order valence-electron chi connectivity index (χ1n) is 9.13. The minimum Gasteiger partial charge on any atom is -0.275 e. The molecular formula is C23H16ClN5. The van der Waals surface area contributed by atoms with E-state index in [0.29, 0.717) is 10.7 Å². The smallest absolute Gasteiger partial charge is 0.160 e. The summed E-state index contributed by atoms with van der Waals surface area (Å²) in [6.45, 7) is 0. The Hall–Kier alpha value is -3.57. The second kappa shape index (κ2) is 7.11. The Kier molecular flexibility index (Phi) is 4.30. The van der Waals surface area contributed by atoms with E-state index in [1.807, 2.05) is 68.2 Å². The monoisotopic (exact) mass is 397 g/mol. The van der Waals surface area contributed by atoms with Crippen LogP contribution in [-0.2, 0) is 7.05 Å². The second-order valence-corrected chi connectivity index (χ2v) is 7.24. The maximum Gasteiger partial charge on any atom is 0.160 e. The number of rotatable bonds is 3. The van der Waals surface area contributed by atoms with Gasteiger partial charge in [-0.2, -0.15) is 5.10 Å². The number of hydrogen-bond acceptors (Lipinski definition) is 4. The standard InChI is InChI=1S/C23H16ClN5/c1-29-14-18(13-27-29)16-8-17(12-25-11-16)21-10-22(15-4-2-5-19(24)9-15)28-23-20(21)6-3-7-26-23/h2-14H,1H3. The highest BCUT2D eigenvalue weighted by atomic mass is 35.5. The van der Waals surface area contributed by atoms with Gasteiger partial charge in [0, 0.05) is 64.5 Å². The highest BCUT2D eigenvalue weighted by molar-refractivity contribution is 6.30. The molecule has 0 radical (unpaired) electrons. The molecule has 0 aliphatic rings. The predicted molar refractivity (Wildman–Crippen MR) is 115 cm³/mol. The van der Waals surface area contributed by atoms with E-state index >= 15 is 0 Å². The number of aryl methyl sites for hydroxylation is 1. The summed E-state index contributed by atoms with van der Waals surface area (Å²) in [5.74, 6) is 0. The molecule has 0 saturated carbocycles. The summed E-state index contributed by atoms with van der Waals surface area (Å²) < 4.78 is 1.78. The lowest BCUT2D eigenvalue weighted by atomic mass is 9.99. The molecule has 0 atom stereocenters. The van der Waals surface area contributed by atoms with Gasteiger partial charge in [0.05, 0.1) is 11.9 Å². The summed E-state index contributed by atoms with van der Waals surface area (Å²) in [7, 11) is 1.90. The molecule has 0 aliphatic carbocycles. The third-order valence-electron chi connectivity index (χ3n) is 4.79. The van der Waals surface area contributed by atoms with Crippen molar-refractivity contribution in [3.05, 3.63) is 84.5 Å². The van der Waals surface area contributed by atoms with Gasteiger partial charge in [-0.05, 0) is 42.0 Å². The number of pyridine rings is 3. The molecular weight excluding hydrogens is 382 g/mol. The number of fused-ring (bicyclic) bond motifs is 1. The Morgan fingerprint density at radius 2 is 1.76 bits per heavy atom. The largest absolute Gasteiger partial charge is 0.275 e. The quantitative estimate of drug-likeness (QED) is 0.408. The third-order valence-corrected chi connectivity index (χ3v) is 5.03. The highest BCUT2D eigenvalue weighted by Crippen LogP contribution is 2.33. The van der Waals surface area contributed by atoms with Crippen LogP contribution >= 0.6 is 11.6 Å². The molecule has 1 aromatic carbocycles. The lowest BCUT2D eigenvalue weighted by Crippen LogP contribution is -1.92. The Morgan fingerprint density at radius 1 is 0.862 bits per heavy atom. The zero-order valence-electron chi connectivity index (χ0n) is 15.6. The van der Waals surface area contributed by atoms with Crippen molar-refractivity contribution < 1.29 is 0 Å². The molecule has 0 N–H and O–H groups in total. The first-order valence-corrected chi connectivity index (χ1v) is 9.51. The van der Waals surface area contributed by atoms with E-state index in [4.69, 9.17) is 16.6 Å². The number of halogens is 1. The lowest BCUT2D eigenvalue weighted by molar-refractivity contribution is 0.768. The van der Waals surface area contributed by atoms with Crippen LogP contribution in [0.25, 0.3) is 44.5 Å². The molecule has 0 amide bonds. The third kappa shape index (κ3) is 3.37. The summed E-state index contributed by atoms with van der Waals surface area (Å²) in [6, 6.07) is 15.8. The fourth-order valence-electron chi connectivity index (χ4n) is 3.41. The molecule has 4 aromatic heterocycles. The number of benzene rings is 1. The first-order chi connectivity index (χ1) is 14.2. The first kappa shape index (κ1) is 17.5. The topological polar surface area (TPSA) is 56.5 Å². The number of aromatic nitrogens is 5. The molecule has 29 heavy (non-hydrogen) atoms. The van der Waals surface area contributed by atoms with Gasteiger partial charge in [0.25, 0.3) is 0 Å². The van der Waals surface area contributed by atoms with Crippen molar-refractivity contribution in [2.24, 2.45) is 7.05 Å². The highest BCUT2D eigenvalue weighted by Gasteiger charge is 2.12. The van der Waals surface area contributed by atoms with E-state index in [1.54, 1.807) is 10.9 Å². The molecule has 4 heterocycles. The molecule has 0 unspecified atom stereocenters. The van der Waals surface area contributed by atoms with Gasteiger partial charge in [0.2, 0.25) is 0 Å². The van der Waals surface area contributed by atoms with Crippen LogP contribution in [0.5, 0.6) is 0 Å². The van der Waals surface area contributed by atoms with Crippen LogP contribution in [-0.4, -0.2) is 24.7 Å². The molecule has 5 aromatic rings. The SMILES string of the molecule is Cn1cc(-c2cncc(-c3cc(-c4cccc(Cl)c4)nc4ncccc34)c2)cn1. The summed E-state index contributed by atoms with van der Waals surface area (Å²) in [5.41, 5.74) is 6.50. The van der Waals surface area contributed by atoms with E-state index in [1.165, 1.54) is 0 Å². The maximum atomic E-state index is 6.20. The van der Waals surface area contributed by atoms with E-state index in [2.05, 4.69) is 27.2 Å². The summed E-state index contributed by atoms with van der Waals surface area (Å²) in [5, 5.41) is 5.91. The molecule has 0 saturated heterocycles. The number of nitrogens with zero attached hydrogens (tertiary/aromatic N) is 5. The Balaban J connectivity index is 1.72. The van der Waals surface area contributed by atoms with E-state index in [9.17, 15) is 0 Å². The van der Waals surface area contributed by atoms with Gasteiger partial charge in [-0.1, -0.05) is 23.7 Å². The van der Waals surface area contributed by atoms with Crippen LogP contribution in [0.3, 0.4) is 0 Å². The van der Waals surface area contributed by atoms with Crippen molar-refractivity contribution in [2.45, 2.75) is 0 Å². The van der Waals surface area contributed by atoms with Gasteiger partial charge in [-0.25, -0.2) is 9.97 Å². The van der Waals surface area contributed by atoms with Gasteiger partial charge in [0.15, 0.2) is 5.65 Å². The van der Waals surface area contributed by atoms with Crippen molar-refractivity contribution in [1.82, 2.24) is 24.7 Å². The van der Waals surface area contributed by atoms with Gasteiger partial charge >= 0.3 is 0 Å². The van der Waals surface area contributed by atoms with Crippen LogP contribution in [0.2, 0.25) is 5.02 Å². The van der Waals surface area contributed by atoms with Gasteiger partial charge in [-0.3, -0.25) is 9.67 Å². The molecule has 0 fully saturated rings. The van der Waals surface area contributed by atoms with Crippen molar-refractivity contribution in [2.75, 3.05) is 0 Å². The van der Waals surface area contributed by atoms with E-state index in [-0.39, 0.29) is 0 Å². The Bertz CT molecular complexity index is 1340. The van der Waals surface area contributed by atoms with Crippen LogP contribution in [0.4, 0.5) is 0 Å². The van der Waals surface area contributed by atoms with Crippen LogP contribution in [0, 0.1) is 0 Å². The molecule has 0 spiro atoms. The van der Waals surface area contributed by atoms with E-state index < -0.39 is 0 Å². The molecule has 0 bridgehead atoms. The van der Waals surface area contributed by atoms with Crippen LogP contribution < -0.4 is 0 Å². The fraction of sp³-hybridized carbons (Fsp3) is 0.0435. The molecule has 5 nitrogen and oxygen atoms in total. The predicted octanol–water partition coefficient (Wildman–Crippen LogP) is 5.41. The molecule has 140 valence electrons. The van der Waals surface area contributed by atoms with Crippen molar-refractivity contribution in [1.29, 1.82) is 0 Å². The molecule has 6 heteroatoms. The minimum atomic E-state index is 0.673. The second-order valence-electron chi connectivity index (χ2n) is 6.80. The fourth-order valence-corrected chi connectivity index (χ4v) is 3.60. The van der Waals surface area contributed by atoms with Crippen LogP contribution in [0.15, 0.2) is 79.5 Å². The molecule has 0 aliphatic heterocycles. The minimum absolute atomic E-state index is 0.673. The lowest BCUT2D eigenvalue weighted by Gasteiger charge is -2.10. The van der Waals surface area contributed by atoms with Gasteiger partial charge in [-0.15, -0.1) is 0 Å². The molecule has 5 rings (SSSR count). The summed E-state index contributed by atoms with van der Waals surface area (Å²) in [4.78, 5) is 13.7. The average Bonchev–Trinajstić information content (AvgIpc) is 3.19. The Labute approximate surface area is 172 Å². The Morgan fingerprint density at radius 3 is 2.59 bits per heavy atom. The normalized spacial score (nSPS) is 11.1. The van der Waals surface area contributed by atoms with Gasteiger partial charge in [0.1, 0.15) is 0 Å². The van der Waals surface area contributed by atoms with E-state index in [0.717, 1.165) is 38.9 Å².